The highest BCUT2D eigenvalue weighted by Gasteiger charge is 2.47. The molecule has 2 amide bonds. The summed E-state index contributed by atoms with van der Waals surface area (Å²) in [7, 11) is 0. The molecule has 0 aromatic heterocycles. The van der Waals surface area contributed by atoms with E-state index in [1.165, 1.54) is 0 Å². The van der Waals surface area contributed by atoms with Gasteiger partial charge in [0.1, 0.15) is 0 Å². The van der Waals surface area contributed by atoms with Crippen LogP contribution in [0.25, 0.3) is 0 Å². The monoisotopic (exact) mass is 383 g/mol. The maximum absolute atomic E-state index is 13.2. The van der Waals surface area contributed by atoms with Gasteiger partial charge < -0.3 is 4.84 Å². The van der Waals surface area contributed by atoms with Crippen molar-refractivity contribution < 1.29 is 19.2 Å². The van der Waals surface area contributed by atoms with E-state index in [0.29, 0.717) is 22.9 Å². The number of hydrogen-bond donors (Lipinski definition) is 0. The van der Waals surface area contributed by atoms with Crippen molar-refractivity contribution in [3.05, 3.63) is 70.2 Å². The SMILES string of the molecule is O=C1c2ccccc2C(=O)N1OC(=O)C1(c2cccc(Cl)c2)CCCCC1. The smallest absolute Gasteiger partial charge is 0.329 e. The Morgan fingerprint density at radius 2 is 1.56 bits per heavy atom. The minimum Gasteiger partial charge on any atom is -0.329 e. The van der Waals surface area contributed by atoms with E-state index in [1.54, 1.807) is 42.5 Å². The summed E-state index contributed by atoms with van der Waals surface area (Å²) in [5.74, 6) is -1.80. The number of hydroxylamine groups is 2. The molecule has 1 heterocycles. The second-order valence-corrected chi connectivity index (χ2v) is 7.42. The van der Waals surface area contributed by atoms with E-state index in [4.69, 9.17) is 16.4 Å². The summed E-state index contributed by atoms with van der Waals surface area (Å²) in [5.41, 5.74) is 0.348. The van der Waals surface area contributed by atoms with Crippen LogP contribution in [0.4, 0.5) is 0 Å². The van der Waals surface area contributed by atoms with E-state index in [1.807, 2.05) is 6.07 Å². The van der Waals surface area contributed by atoms with Crippen LogP contribution >= 0.6 is 11.6 Å². The molecule has 0 N–H and O–H groups in total. The van der Waals surface area contributed by atoms with E-state index in [2.05, 4.69) is 0 Å². The van der Waals surface area contributed by atoms with E-state index >= 15 is 0 Å². The van der Waals surface area contributed by atoms with Crippen molar-refractivity contribution in [1.29, 1.82) is 0 Å². The lowest BCUT2D eigenvalue weighted by Crippen LogP contribution is -2.44. The first-order valence-electron chi connectivity index (χ1n) is 8.99. The maximum Gasteiger partial charge on any atom is 0.343 e. The average Bonchev–Trinajstić information content (AvgIpc) is 2.94. The van der Waals surface area contributed by atoms with Gasteiger partial charge in [0.2, 0.25) is 0 Å². The number of fused-ring (bicyclic) bond motifs is 1. The van der Waals surface area contributed by atoms with Crippen LogP contribution in [0.5, 0.6) is 0 Å². The second kappa shape index (κ2) is 6.82. The molecule has 2 aliphatic rings. The van der Waals surface area contributed by atoms with Crippen LogP contribution in [0.15, 0.2) is 48.5 Å². The highest BCUT2D eigenvalue weighted by molar-refractivity contribution is 6.30. The largest absolute Gasteiger partial charge is 0.343 e. The number of nitrogens with zero attached hydrogens (tertiary/aromatic N) is 1. The van der Waals surface area contributed by atoms with Crippen LogP contribution in [-0.2, 0) is 15.0 Å². The van der Waals surface area contributed by atoms with E-state index in [-0.39, 0.29) is 11.1 Å². The van der Waals surface area contributed by atoms with Gasteiger partial charge >= 0.3 is 5.97 Å². The Morgan fingerprint density at radius 3 is 2.15 bits per heavy atom. The van der Waals surface area contributed by atoms with E-state index in [0.717, 1.165) is 24.8 Å². The highest BCUT2D eigenvalue weighted by Crippen LogP contribution is 2.42. The van der Waals surface area contributed by atoms with Crippen LogP contribution in [0.1, 0.15) is 58.4 Å². The van der Waals surface area contributed by atoms with Crippen LogP contribution in [0.2, 0.25) is 5.02 Å². The molecule has 0 atom stereocenters. The summed E-state index contributed by atoms with van der Waals surface area (Å²) < 4.78 is 0. The van der Waals surface area contributed by atoms with Gasteiger partial charge in [-0.05, 0) is 42.7 Å². The first kappa shape index (κ1) is 17.7. The minimum absolute atomic E-state index is 0.246. The fourth-order valence-corrected chi connectivity index (χ4v) is 4.16. The minimum atomic E-state index is -0.904. The Balaban J connectivity index is 1.66. The fraction of sp³-hybridized carbons (Fsp3) is 0.286. The van der Waals surface area contributed by atoms with Crippen molar-refractivity contribution in [3.63, 3.8) is 0 Å². The molecule has 1 aliphatic heterocycles. The molecule has 5 nitrogen and oxygen atoms in total. The Morgan fingerprint density at radius 1 is 0.926 bits per heavy atom. The van der Waals surface area contributed by atoms with Gasteiger partial charge in [0, 0.05) is 5.02 Å². The van der Waals surface area contributed by atoms with Gasteiger partial charge in [0.25, 0.3) is 11.8 Å². The molecule has 0 spiro atoms. The highest BCUT2D eigenvalue weighted by atomic mass is 35.5. The number of halogens is 1. The molecule has 0 unspecified atom stereocenters. The normalized spacial score (nSPS) is 18.3. The zero-order valence-corrected chi connectivity index (χ0v) is 15.4. The summed E-state index contributed by atoms with van der Waals surface area (Å²) in [4.78, 5) is 43.7. The molecule has 0 radical (unpaired) electrons. The molecule has 1 aliphatic carbocycles. The summed E-state index contributed by atoms with van der Waals surface area (Å²) in [6.45, 7) is 0. The zero-order valence-electron chi connectivity index (χ0n) is 14.6. The predicted octanol–water partition coefficient (Wildman–Crippen LogP) is 4.30. The van der Waals surface area contributed by atoms with Crippen LogP contribution < -0.4 is 0 Å². The molecule has 4 rings (SSSR count). The third-order valence-corrected chi connectivity index (χ3v) is 5.64. The molecule has 0 bridgehead atoms. The number of carbonyl (C=O) groups excluding carboxylic acids is 3. The number of imide groups is 1. The molecular weight excluding hydrogens is 366 g/mol. The molecule has 2 aromatic rings. The van der Waals surface area contributed by atoms with Crippen molar-refractivity contribution in [2.75, 3.05) is 0 Å². The van der Waals surface area contributed by atoms with Crippen LogP contribution in [0, 0.1) is 0 Å². The Hall–Kier alpha value is -2.66. The summed E-state index contributed by atoms with van der Waals surface area (Å²) in [6, 6.07) is 13.6. The maximum atomic E-state index is 13.2. The topological polar surface area (TPSA) is 63.7 Å². The van der Waals surface area contributed by atoms with Gasteiger partial charge in [-0.15, -0.1) is 0 Å². The van der Waals surface area contributed by atoms with Crippen LogP contribution in [0.3, 0.4) is 0 Å². The molecule has 0 saturated heterocycles. The number of benzene rings is 2. The third-order valence-electron chi connectivity index (χ3n) is 5.41. The third kappa shape index (κ3) is 2.92. The van der Waals surface area contributed by atoms with Crippen molar-refractivity contribution in [3.8, 4) is 0 Å². The Kier molecular flexibility index (Phi) is 4.48. The molecular formula is C21H18ClNO4. The van der Waals surface area contributed by atoms with Gasteiger partial charge in [0.05, 0.1) is 16.5 Å². The first-order valence-corrected chi connectivity index (χ1v) is 9.37. The van der Waals surface area contributed by atoms with Gasteiger partial charge in [-0.2, -0.15) is 0 Å². The fourth-order valence-electron chi connectivity index (χ4n) is 3.97. The molecule has 138 valence electrons. The summed E-state index contributed by atoms with van der Waals surface area (Å²) in [5, 5.41) is 1.12. The average molecular weight is 384 g/mol. The molecule has 2 aromatic carbocycles. The lowest BCUT2D eigenvalue weighted by atomic mass is 9.69. The number of amides is 2. The molecule has 1 saturated carbocycles. The van der Waals surface area contributed by atoms with Gasteiger partial charge in [-0.3, -0.25) is 9.59 Å². The van der Waals surface area contributed by atoms with Crippen molar-refractivity contribution in [2.24, 2.45) is 0 Å². The summed E-state index contributed by atoms with van der Waals surface area (Å²) >= 11 is 6.14. The molecule has 6 heteroatoms. The standard InChI is InChI=1S/C21H18ClNO4/c22-15-8-6-7-14(13-15)21(11-4-1-5-12-21)20(26)27-23-18(24)16-9-2-3-10-17(16)19(23)25/h2-3,6-10,13H,1,4-5,11-12H2. The number of rotatable bonds is 3. The second-order valence-electron chi connectivity index (χ2n) is 6.98. The summed E-state index contributed by atoms with van der Waals surface area (Å²) in [6.07, 6.45) is 3.95. The molecule has 1 fully saturated rings. The van der Waals surface area contributed by atoms with Gasteiger partial charge in [0.15, 0.2) is 0 Å². The number of hydrogen-bond acceptors (Lipinski definition) is 4. The predicted molar refractivity (Wildman–Crippen MR) is 99.2 cm³/mol. The van der Waals surface area contributed by atoms with Crippen LogP contribution in [-0.4, -0.2) is 22.8 Å². The van der Waals surface area contributed by atoms with E-state index in [9.17, 15) is 14.4 Å². The number of carbonyl (C=O) groups is 3. The van der Waals surface area contributed by atoms with Crippen molar-refractivity contribution >= 4 is 29.4 Å². The van der Waals surface area contributed by atoms with E-state index < -0.39 is 23.2 Å². The lowest BCUT2D eigenvalue weighted by molar-refractivity contribution is -0.177. The van der Waals surface area contributed by atoms with Crippen molar-refractivity contribution in [1.82, 2.24) is 5.06 Å². The molecule has 27 heavy (non-hydrogen) atoms. The lowest BCUT2D eigenvalue weighted by Gasteiger charge is -2.35. The zero-order chi connectivity index (χ0) is 19.0. The van der Waals surface area contributed by atoms with Gasteiger partial charge in [-0.25, -0.2) is 4.79 Å². The quantitative estimate of drug-likeness (QED) is 0.741. The first-order chi connectivity index (χ1) is 13.0. The van der Waals surface area contributed by atoms with Crippen molar-refractivity contribution in [2.45, 2.75) is 37.5 Å². The van der Waals surface area contributed by atoms with Gasteiger partial charge in [-0.1, -0.05) is 60.2 Å². The Labute approximate surface area is 161 Å². The Bertz CT molecular complexity index is 898.